The Morgan fingerprint density at radius 2 is 2.17 bits per heavy atom. The average molecular weight is 466 g/mol. The van der Waals surface area contributed by atoms with Gasteiger partial charge in [0, 0.05) is 47.5 Å². The highest BCUT2D eigenvalue weighted by Crippen LogP contribution is 2.29. The lowest BCUT2D eigenvalue weighted by molar-refractivity contribution is -0.905. The number of nitrogens with one attached hydrogen (secondary N) is 2. The standard InChI is InChI=1S/C19H23BrFN6O2/c20-17-18(21)25-27-16(22-9-12-4-3-7-26(29)10-12)8-15(24-19(17)27)23-14-6-2-1-5-13(14)11-28/h3-4,7-8,10,13-14,22,28-29H,1-2,5-6,9,11H2,(H,23,24)/q+1/t13-,14-/m1/s1. The van der Waals surface area contributed by atoms with E-state index in [1.807, 2.05) is 6.07 Å². The van der Waals surface area contributed by atoms with Crippen LogP contribution in [0.25, 0.3) is 5.65 Å². The summed E-state index contributed by atoms with van der Waals surface area (Å²) in [7, 11) is 0. The summed E-state index contributed by atoms with van der Waals surface area (Å²) < 4.78 is 16.7. The fraction of sp³-hybridized carbons (Fsp3) is 0.421. The Morgan fingerprint density at radius 1 is 1.34 bits per heavy atom. The molecule has 0 spiro atoms. The molecule has 3 aromatic rings. The molecule has 0 amide bonds. The van der Waals surface area contributed by atoms with Gasteiger partial charge in [-0.25, -0.2) is 4.98 Å². The smallest absolute Gasteiger partial charge is 0.249 e. The molecule has 4 N–H and O–H groups in total. The zero-order valence-electron chi connectivity index (χ0n) is 15.7. The van der Waals surface area contributed by atoms with Gasteiger partial charge in [-0.3, -0.25) is 5.21 Å². The second-order valence-corrected chi connectivity index (χ2v) is 8.08. The van der Waals surface area contributed by atoms with Crippen molar-refractivity contribution >= 4 is 33.2 Å². The van der Waals surface area contributed by atoms with Gasteiger partial charge in [0.05, 0.1) is 0 Å². The van der Waals surface area contributed by atoms with E-state index < -0.39 is 5.95 Å². The first-order valence-corrected chi connectivity index (χ1v) is 10.4. The Balaban J connectivity index is 1.64. The summed E-state index contributed by atoms with van der Waals surface area (Å²) in [5.41, 5.74) is 1.20. The molecule has 10 heteroatoms. The lowest BCUT2D eigenvalue weighted by Gasteiger charge is -2.31. The summed E-state index contributed by atoms with van der Waals surface area (Å²) in [6.45, 7) is 0.535. The van der Waals surface area contributed by atoms with E-state index in [9.17, 15) is 14.7 Å². The number of aliphatic hydroxyl groups is 1. The number of rotatable bonds is 6. The minimum atomic E-state index is -0.642. The minimum absolute atomic E-state index is 0.116. The zero-order chi connectivity index (χ0) is 20.4. The molecule has 3 aromatic heterocycles. The molecule has 0 bridgehead atoms. The third-order valence-corrected chi connectivity index (χ3v) is 5.97. The molecule has 1 aliphatic rings. The highest BCUT2D eigenvalue weighted by molar-refractivity contribution is 9.10. The largest absolute Gasteiger partial charge is 0.396 e. The summed E-state index contributed by atoms with van der Waals surface area (Å²) >= 11 is 3.22. The van der Waals surface area contributed by atoms with Gasteiger partial charge in [0.25, 0.3) is 0 Å². The van der Waals surface area contributed by atoms with Crippen molar-refractivity contribution in [1.82, 2.24) is 14.6 Å². The maximum absolute atomic E-state index is 14.1. The second kappa shape index (κ2) is 8.50. The number of nitrogens with zero attached hydrogens (tertiary/aromatic N) is 4. The monoisotopic (exact) mass is 465 g/mol. The van der Waals surface area contributed by atoms with Crippen LogP contribution in [0.1, 0.15) is 31.2 Å². The highest BCUT2D eigenvalue weighted by atomic mass is 79.9. The van der Waals surface area contributed by atoms with Crippen LogP contribution in [0.4, 0.5) is 16.0 Å². The van der Waals surface area contributed by atoms with Crippen LogP contribution in [-0.2, 0) is 6.54 Å². The van der Waals surface area contributed by atoms with Crippen LogP contribution in [0.2, 0.25) is 0 Å². The molecular formula is C19H23BrFN6O2+. The Bertz CT molecular complexity index is 1010. The molecular weight excluding hydrogens is 443 g/mol. The fourth-order valence-corrected chi connectivity index (χ4v) is 4.12. The molecule has 4 rings (SSSR count). The third-order valence-electron chi connectivity index (χ3n) is 5.29. The normalized spacial score (nSPS) is 19.4. The fourth-order valence-electron chi connectivity index (χ4n) is 3.78. The second-order valence-electron chi connectivity index (χ2n) is 7.29. The molecule has 154 valence electrons. The zero-order valence-corrected chi connectivity index (χ0v) is 17.3. The van der Waals surface area contributed by atoms with Crippen molar-refractivity contribution in [3.05, 3.63) is 46.6 Å². The van der Waals surface area contributed by atoms with Gasteiger partial charge in [-0.2, -0.15) is 8.91 Å². The van der Waals surface area contributed by atoms with Crippen LogP contribution < -0.4 is 15.4 Å². The number of anilines is 2. The quantitative estimate of drug-likeness (QED) is 0.330. The van der Waals surface area contributed by atoms with Crippen LogP contribution in [0.5, 0.6) is 0 Å². The van der Waals surface area contributed by atoms with Crippen molar-refractivity contribution in [1.29, 1.82) is 0 Å². The summed E-state index contributed by atoms with van der Waals surface area (Å²) in [6, 6.07) is 5.50. The topological polar surface area (TPSA) is 98.6 Å². The van der Waals surface area contributed by atoms with E-state index >= 15 is 0 Å². The molecule has 1 saturated carbocycles. The number of halogens is 2. The SMILES string of the molecule is OC[C@H]1CCCC[C@H]1Nc1cc(NCc2ccc[n+](O)c2)n2nc(F)c(Br)c2n1. The first-order valence-electron chi connectivity index (χ1n) is 9.60. The molecule has 8 nitrogen and oxygen atoms in total. The number of hydrogen-bond donors (Lipinski definition) is 4. The van der Waals surface area contributed by atoms with Gasteiger partial charge in [-0.15, -0.1) is 5.10 Å². The van der Waals surface area contributed by atoms with Crippen LogP contribution in [0.3, 0.4) is 0 Å². The summed E-state index contributed by atoms with van der Waals surface area (Å²) in [6.07, 6.45) is 7.25. The lowest BCUT2D eigenvalue weighted by Crippen LogP contribution is -2.34. The molecule has 0 aromatic carbocycles. The summed E-state index contributed by atoms with van der Waals surface area (Å²) in [5, 5.41) is 29.8. The maximum Gasteiger partial charge on any atom is 0.249 e. The van der Waals surface area contributed by atoms with E-state index in [1.54, 1.807) is 18.3 Å². The highest BCUT2D eigenvalue weighted by Gasteiger charge is 2.25. The summed E-state index contributed by atoms with van der Waals surface area (Å²) in [4.78, 5) is 4.52. The Hall–Kier alpha value is -2.46. The Kier molecular flexibility index (Phi) is 5.81. The van der Waals surface area contributed by atoms with Crippen molar-refractivity contribution in [2.75, 3.05) is 17.2 Å². The van der Waals surface area contributed by atoms with Gasteiger partial charge in [0.1, 0.15) is 16.1 Å². The van der Waals surface area contributed by atoms with Gasteiger partial charge in [0.15, 0.2) is 5.65 Å². The summed E-state index contributed by atoms with van der Waals surface area (Å²) in [5.74, 6) is 0.687. The van der Waals surface area contributed by atoms with Crippen molar-refractivity contribution in [3.8, 4) is 0 Å². The van der Waals surface area contributed by atoms with Gasteiger partial charge in [-0.05, 0) is 34.8 Å². The van der Waals surface area contributed by atoms with E-state index in [1.165, 1.54) is 10.7 Å². The van der Waals surface area contributed by atoms with Crippen LogP contribution >= 0.6 is 15.9 Å². The van der Waals surface area contributed by atoms with Crippen molar-refractivity contribution in [3.63, 3.8) is 0 Å². The van der Waals surface area contributed by atoms with E-state index in [0.717, 1.165) is 36.0 Å². The molecule has 0 unspecified atom stereocenters. The maximum atomic E-state index is 14.1. The van der Waals surface area contributed by atoms with Gasteiger partial charge in [0.2, 0.25) is 18.3 Å². The van der Waals surface area contributed by atoms with Gasteiger partial charge < -0.3 is 15.7 Å². The molecule has 3 heterocycles. The van der Waals surface area contributed by atoms with E-state index in [-0.39, 0.29) is 23.0 Å². The number of fused-ring (bicyclic) bond motifs is 1. The van der Waals surface area contributed by atoms with Crippen molar-refractivity contribution < 1.29 is 19.4 Å². The lowest BCUT2D eigenvalue weighted by atomic mass is 9.85. The number of aromatic nitrogens is 4. The molecule has 0 saturated heterocycles. The average Bonchev–Trinajstić information content (AvgIpc) is 3.01. The Morgan fingerprint density at radius 3 is 2.97 bits per heavy atom. The van der Waals surface area contributed by atoms with E-state index in [4.69, 9.17) is 0 Å². The van der Waals surface area contributed by atoms with Gasteiger partial charge >= 0.3 is 0 Å². The number of pyridine rings is 1. The first-order chi connectivity index (χ1) is 14.0. The van der Waals surface area contributed by atoms with Crippen LogP contribution in [-0.4, -0.2) is 37.6 Å². The predicted molar refractivity (Wildman–Crippen MR) is 108 cm³/mol. The van der Waals surface area contributed by atoms with Crippen LogP contribution in [0.15, 0.2) is 35.1 Å². The predicted octanol–water partition coefficient (Wildman–Crippen LogP) is 2.73. The molecule has 0 radical (unpaired) electrons. The van der Waals surface area contributed by atoms with Gasteiger partial charge in [-0.1, -0.05) is 12.8 Å². The van der Waals surface area contributed by atoms with E-state index in [0.29, 0.717) is 23.8 Å². The van der Waals surface area contributed by atoms with Crippen molar-refractivity contribution in [2.45, 2.75) is 38.3 Å². The molecule has 1 aliphatic carbocycles. The third kappa shape index (κ3) is 4.27. The Labute approximate surface area is 175 Å². The molecule has 0 aliphatic heterocycles. The molecule has 1 fully saturated rings. The molecule has 29 heavy (non-hydrogen) atoms. The van der Waals surface area contributed by atoms with Crippen molar-refractivity contribution in [2.24, 2.45) is 5.92 Å². The molecule has 2 atom stereocenters. The van der Waals surface area contributed by atoms with Crippen LogP contribution in [0, 0.1) is 11.9 Å². The van der Waals surface area contributed by atoms with E-state index in [2.05, 4.69) is 36.6 Å². The number of aliphatic hydroxyl groups excluding tert-OH is 1. The number of hydrogen-bond acceptors (Lipinski definition) is 6. The first kappa shape index (κ1) is 19.8. The minimum Gasteiger partial charge on any atom is -0.396 e.